The standard InChI is InChI=1S/C26H33N5O3S/c1-4-5-6-25(32)28-19-14-24(35-17-19)22-16-27-15-21(29-22)18-7-8-20(23(13-18)34-3)26(33)31-11-9-30(2)10-12-31/h7-8,13-17,26,33H,4-6,9-12H2,1-3H3,(H,28,32). The average Bonchev–Trinajstić information content (AvgIpc) is 3.35. The van der Waals surface area contributed by atoms with Crippen LogP contribution >= 0.6 is 11.3 Å². The Morgan fingerprint density at radius 3 is 2.71 bits per heavy atom. The molecule has 9 heteroatoms. The number of hydrogen-bond donors (Lipinski definition) is 2. The van der Waals surface area contributed by atoms with Gasteiger partial charge in [-0.1, -0.05) is 25.5 Å². The molecule has 1 unspecified atom stereocenters. The van der Waals surface area contributed by atoms with Crippen molar-refractivity contribution in [1.29, 1.82) is 0 Å². The first-order chi connectivity index (χ1) is 17.0. The Morgan fingerprint density at radius 1 is 1.20 bits per heavy atom. The smallest absolute Gasteiger partial charge is 0.224 e. The Hall–Kier alpha value is -2.85. The highest BCUT2D eigenvalue weighted by molar-refractivity contribution is 7.14. The van der Waals surface area contributed by atoms with Crippen LogP contribution in [0, 0.1) is 0 Å². The quantitative estimate of drug-likeness (QED) is 0.459. The number of hydrogen-bond acceptors (Lipinski definition) is 8. The van der Waals surface area contributed by atoms with Gasteiger partial charge in [-0.05, 0) is 25.6 Å². The number of aliphatic hydroxyl groups excluding tert-OH is 1. The monoisotopic (exact) mass is 495 g/mol. The van der Waals surface area contributed by atoms with Gasteiger partial charge in [-0.3, -0.25) is 14.7 Å². The van der Waals surface area contributed by atoms with Crippen LogP contribution in [0.5, 0.6) is 5.75 Å². The number of piperazine rings is 1. The van der Waals surface area contributed by atoms with E-state index in [0.717, 1.165) is 66.4 Å². The first kappa shape index (κ1) is 25.2. The summed E-state index contributed by atoms with van der Waals surface area (Å²) >= 11 is 1.52. The van der Waals surface area contributed by atoms with E-state index < -0.39 is 6.23 Å². The van der Waals surface area contributed by atoms with Crippen LogP contribution in [0.1, 0.15) is 38.0 Å². The van der Waals surface area contributed by atoms with Crippen molar-refractivity contribution in [3.63, 3.8) is 0 Å². The number of nitrogens with one attached hydrogen (secondary N) is 1. The number of aliphatic hydroxyl groups is 1. The molecule has 1 aliphatic rings. The molecular weight excluding hydrogens is 462 g/mol. The molecule has 0 aliphatic carbocycles. The summed E-state index contributed by atoms with van der Waals surface area (Å²) in [5.41, 5.74) is 3.83. The lowest BCUT2D eigenvalue weighted by Crippen LogP contribution is -2.45. The number of nitrogens with zero attached hydrogens (tertiary/aromatic N) is 4. The summed E-state index contributed by atoms with van der Waals surface area (Å²) in [5, 5.41) is 15.9. The lowest BCUT2D eigenvalue weighted by atomic mass is 10.1. The average molecular weight is 496 g/mol. The summed E-state index contributed by atoms with van der Waals surface area (Å²) in [5.74, 6) is 0.649. The molecule has 3 heterocycles. The molecule has 4 rings (SSSR count). The fraction of sp³-hybridized carbons (Fsp3) is 0.423. The zero-order chi connectivity index (χ0) is 24.8. The van der Waals surface area contributed by atoms with Gasteiger partial charge < -0.3 is 20.1 Å². The lowest BCUT2D eigenvalue weighted by Gasteiger charge is -2.36. The molecule has 2 N–H and O–H groups in total. The molecule has 2 aromatic heterocycles. The van der Waals surface area contributed by atoms with Crippen LogP contribution in [-0.4, -0.2) is 71.1 Å². The number of rotatable bonds is 9. The van der Waals surface area contributed by atoms with E-state index in [2.05, 4.69) is 34.1 Å². The Kier molecular flexibility index (Phi) is 8.46. The molecule has 1 aromatic carbocycles. The van der Waals surface area contributed by atoms with E-state index in [1.54, 1.807) is 19.5 Å². The number of benzene rings is 1. The minimum absolute atomic E-state index is 0.0296. The highest BCUT2D eigenvalue weighted by atomic mass is 32.1. The summed E-state index contributed by atoms with van der Waals surface area (Å²) in [4.78, 5) is 26.5. The number of ether oxygens (including phenoxy) is 1. The topological polar surface area (TPSA) is 90.8 Å². The van der Waals surface area contributed by atoms with Gasteiger partial charge in [0.1, 0.15) is 12.0 Å². The highest BCUT2D eigenvalue weighted by Gasteiger charge is 2.24. The van der Waals surface area contributed by atoms with Gasteiger partial charge in [0, 0.05) is 49.1 Å². The number of amides is 1. The van der Waals surface area contributed by atoms with Crippen LogP contribution < -0.4 is 10.1 Å². The Bertz CT molecular complexity index is 1140. The highest BCUT2D eigenvalue weighted by Crippen LogP contribution is 2.34. The number of carbonyl (C=O) groups excluding carboxylic acids is 1. The number of carbonyl (C=O) groups is 1. The second-order valence-corrected chi connectivity index (χ2v) is 9.72. The normalized spacial score (nSPS) is 15.7. The van der Waals surface area contributed by atoms with Crippen LogP contribution in [0.2, 0.25) is 0 Å². The Labute approximate surface area is 210 Å². The number of aromatic nitrogens is 2. The summed E-state index contributed by atoms with van der Waals surface area (Å²) in [6.45, 7) is 5.52. The second kappa shape index (κ2) is 11.7. The minimum Gasteiger partial charge on any atom is -0.496 e. The van der Waals surface area contributed by atoms with Gasteiger partial charge in [0.2, 0.25) is 5.91 Å². The van der Waals surface area contributed by atoms with Crippen molar-refractivity contribution in [1.82, 2.24) is 19.8 Å². The predicted octanol–water partition coefficient (Wildman–Crippen LogP) is 4.25. The molecule has 0 spiro atoms. The maximum absolute atomic E-state index is 12.0. The van der Waals surface area contributed by atoms with E-state index in [1.807, 2.05) is 29.6 Å². The molecule has 1 saturated heterocycles. The first-order valence-corrected chi connectivity index (χ1v) is 12.9. The summed E-state index contributed by atoms with van der Waals surface area (Å²) in [6, 6.07) is 7.67. The summed E-state index contributed by atoms with van der Waals surface area (Å²) in [6.07, 6.45) is 5.12. The van der Waals surface area contributed by atoms with Crippen molar-refractivity contribution in [3.05, 3.63) is 47.6 Å². The largest absolute Gasteiger partial charge is 0.496 e. The van der Waals surface area contributed by atoms with Crippen molar-refractivity contribution in [2.75, 3.05) is 45.7 Å². The first-order valence-electron chi connectivity index (χ1n) is 12.0. The number of anilines is 1. The van der Waals surface area contributed by atoms with Crippen LogP contribution in [0.25, 0.3) is 21.8 Å². The van der Waals surface area contributed by atoms with E-state index in [4.69, 9.17) is 9.72 Å². The Balaban J connectivity index is 1.52. The fourth-order valence-corrected chi connectivity index (χ4v) is 4.86. The second-order valence-electron chi connectivity index (χ2n) is 8.81. The zero-order valence-corrected chi connectivity index (χ0v) is 21.3. The van der Waals surface area contributed by atoms with Gasteiger partial charge in [-0.2, -0.15) is 0 Å². The van der Waals surface area contributed by atoms with Gasteiger partial charge >= 0.3 is 0 Å². The molecule has 1 atom stereocenters. The molecule has 0 saturated carbocycles. The van der Waals surface area contributed by atoms with Gasteiger partial charge in [0.15, 0.2) is 0 Å². The minimum atomic E-state index is -0.720. The molecule has 186 valence electrons. The molecule has 1 amide bonds. The molecule has 3 aromatic rings. The van der Waals surface area contributed by atoms with Crippen LogP contribution in [-0.2, 0) is 4.79 Å². The van der Waals surface area contributed by atoms with E-state index in [0.29, 0.717) is 17.9 Å². The van der Waals surface area contributed by atoms with E-state index in [1.165, 1.54) is 11.3 Å². The third kappa shape index (κ3) is 6.24. The zero-order valence-electron chi connectivity index (χ0n) is 20.5. The van der Waals surface area contributed by atoms with Crippen LogP contribution in [0.15, 0.2) is 42.0 Å². The number of likely N-dealkylation sites (N-methyl/N-ethyl adjacent to an activating group) is 1. The molecule has 1 fully saturated rings. The predicted molar refractivity (Wildman–Crippen MR) is 140 cm³/mol. The Morgan fingerprint density at radius 2 is 1.97 bits per heavy atom. The van der Waals surface area contributed by atoms with E-state index in [9.17, 15) is 9.90 Å². The molecule has 0 radical (unpaired) electrons. The maximum Gasteiger partial charge on any atom is 0.224 e. The van der Waals surface area contributed by atoms with Gasteiger partial charge in [-0.15, -0.1) is 11.3 Å². The van der Waals surface area contributed by atoms with Crippen molar-refractivity contribution in [2.45, 2.75) is 32.4 Å². The number of unbranched alkanes of at least 4 members (excludes halogenated alkanes) is 1. The summed E-state index contributed by atoms with van der Waals surface area (Å²) < 4.78 is 5.64. The fourth-order valence-electron chi connectivity index (χ4n) is 4.07. The van der Waals surface area contributed by atoms with Crippen LogP contribution in [0.3, 0.4) is 0 Å². The molecular formula is C26H33N5O3S. The number of thiophene rings is 1. The van der Waals surface area contributed by atoms with Crippen molar-refractivity contribution in [2.24, 2.45) is 0 Å². The van der Waals surface area contributed by atoms with E-state index in [-0.39, 0.29) is 5.91 Å². The third-order valence-corrected chi connectivity index (χ3v) is 7.17. The van der Waals surface area contributed by atoms with Gasteiger partial charge in [0.05, 0.1) is 41.5 Å². The molecule has 8 nitrogen and oxygen atoms in total. The van der Waals surface area contributed by atoms with Gasteiger partial charge in [0.25, 0.3) is 0 Å². The number of methoxy groups -OCH3 is 1. The van der Waals surface area contributed by atoms with E-state index >= 15 is 0 Å². The van der Waals surface area contributed by atoms with Crippen molar-refractivity contribution >= 4 is 22.9 Å². The molecule has 0 bridgehead atoms. The maximum atomic E-state index is 12.0. The van der Waals surface area contributed by atoms with Crippen molar-refractivity contribution < 1.29 is 14.6 Å². The molecule has 1 aliphatic heterocycles. The summed E-state index contributed by atoms with van der Waals surface area (Å²) in [7, 11) is 3.71. The van der Waals surface area contributed by atoms with Gasteiger partial charge in [-0.25, -0.2) is 4.98 Å². The third-order valence-electron chi connectivity index (χ3n) is 6.22. The SMILES string of the molecule is CCCCC(=O)Nc1csc(-c2cncc(-c3ccc(C(O)N4CCN(C)CC4)c(OC)c3)n2)c1. The van der Waals surface area contributed by atoms with Crippen molar-refractivity contribution in [3.8, 4) is 27.6 Å². The van der Waals surface area contributed by atoms with Crippen LogP contribution in [0.4, 0.5) is 5.69 Å². The lowest BCUT2D eigenvalue weighted by molar-refractivity contribution is -0.116. The molecule has 35 heavy (non-hydrogen) atoms.